The molecule has 0 bridgehead atoms. The molecule has 1 aromatic rings. The largest absolute Gasteiger partial charge is 0.508 e. The molecule has 0 spiro atoms. The number of piperidine rings is 1. The Balaban J connectivity index is 1.87. The number of phenolic OH excluding ortho intramolecular Hbond substituents is 1. The summed E-state index contributed by atoms with van der Waals surface area (Å²) in [6, 6.07) is 7.19. The number of aromatic hydroxyl groups is 1. The van der Waals surface area contributed by atoms with Crippen LogP contribution in [0.2, 0.25) is 0 Å². The van der Waals surface area contributed by atoms with Gasteiger partial charge in [-0.25, -0.2) is 0 Å². The fourth-order valence-corrected chi connectivity index (χ4v) is 3.73. The molecule has 1 aliphatic carbocycles. The second-order valence-corrected chi connectivity index (χ2v) is 6.04. The van der Waals surface area contributed by atoms with Gasteiger partial charge in [0.1, 0.15) is 5.75 Å². The summed E-state index contributed by atoms with van der Waals surface area (Å²) in [5, 5.41) is 9.57. The van der Waals surface area contributed by atoms with Crippen LogP contribution in [-0.2, 0) is 6.42 Å². The van der Waals surface area contributed by atoms with Gasteiger partial charge in [0.05, 0.1) is 0 Å². The summed E-state index contributed by atoms with van der Waals surface area (Å²) in [6.45, 7) is 5.99. The Bertz CT molecular complexity index is 443. The molecule has 18 heavy (non-hydrogen) atoms. The fraction of sp³-hybridized carbons (Fsp3) is 0.625. The molecule has 1 fully saturated rings. The van der Waals surface area contributed by atoms with Crippen LogP contribution in [-0.4, -0.2) is 22.6 Å². The number of benzene rings is 1. The van der Waals surface area contributed by atoms with E-state index in [2.05, 4.69) is 24.8 Å². The minimum Gasteiger partial charge on any atom is -0.508 e. The zero-order valence-corrected chi connectivity index (χ0v) is 11.4. The molecule has 1 aliphatic heterocycles. The van der Waals surface area contributed by atoms with E-state index in [1.54, 1.807) is 0 Å². The Labute approximate surface area is 110 Å². The molecule has 1 N–H and O–H groups in total. The van der Waals surface area contributed by atoms with E-state index >= 15 is 0 Å². The Morgan fingerprint density at radius 1 is 1.22 bits per heavy atom. The molecule has 3 unspecified atom stereocenters. The van der Waals surface area contributed by atoms with Crippen molar-refractivity contribution in [2.75, 3.05) is 6.54 Å². The van der Waals surface area contributed by atoms with Crippen LogP contribution in [0.4, 0.5) is 0 Å². The third-order valence-corrected chi connectivity index (χ3v) is 5.00. The van der Waals surface area contributed by atoms with Crippen molar-refractivity contribution >= 4 is 0 Å². The van der Waals surface area contributed by atoms with Gasteiger partial charge in [-0.3, -0.25) is 4.90 Å². The summed E-state index contributed by atoms with van der Waals surface area (Å²) in [5.74, 6) is 1.22. The highest BCUT2D eigenvalue weighted by molar-refractivity contribution is 5.40. The molecule has 3 atom stereocenters. The van der Waals surface area contributed by atoms with Crippen molar-refractivity contribution in [2.45, 2.75) is 51.6 Å². The molecule has 0 amide bonds. The summed E-state index contributed by atoms with van der Waals surface area (Å²) < 4.78 is 0. The van der Waals surface area contributed by atoms with Gasteiger partial charge in [0.15, 0.2) is 0 Å². The van der Waals surface area contributed by atoms with Crippen LogP contribution in [0, 0.1) is 5.92 Å². The van der Waals surface area contributed by atoms with E-state index < -0.39 is 0 Å². The van der Waals surface area contributed by atoms with Crippen molar-refractivity contribution in [1.29, 1.82) is 0 Å². The van der Waals surface area contributed by atoms with E-state index in [9.17, 15) is 5.11 Å². The predicted octanol–water partition coefficient (Wildman–Crippen LogP) is 3.50. The first-order chi connectivity index (χ1) is 8.66. The number of phenols is 1. The average molecular weight is 245 g/mol. The second-order valence-electron chi connectivity index (χ2n) is 6.04. The zero-order valence-electron chi connectivity index (χ0n) is 11.4. The van der Waals surface area contributed by atoms with Crippen molar-refractivity contribution < 1.29 is 5.11 Å². The van der Waals surface area contributed by atoms with Crippen LogP contribution in [0.1, 0.15) is 50.3 Å². The first-order valence-corrected chi connectivity index (χ1v) is 7.24. The van der Waals surface area contributed by atoms with Crippen molar-refractivity contribution in [3.05, 3.63) is 29.3 Å². The smallest absolute Gasteiger partial charge is 0.115 e. The van der Waals surface area contributed by atoms with E-state index in [1.807, 2.05) is 12.1 Å². The maximum Gasteiger partial charge on any atom is 0.115 e. The lowest BCUT2D eigenvalue weighted by atomic mass is 9.89. The number of hydrogen-bond acceptors (Lipinski definition) is 2. The molecule has 3 rings (SSSR count). The molecule has 2 nitrogen and oxygen atoms in total. The van der Waals surface area contributed by atoms with Gasteiger partial charge in [0, 0.05) is 12.1 Å². The third-order valence-electron chi connectivity index (χ3n) is 5.00. The van der Waals surface area contributed by atoms with Gasteiger partial charge in [-0.15, -0.1) is 0 Å². The number of fused-ring (bicyclic) bond motifs is 1. The predicted molar refractivity (Wildman–Crippen MR) is 73.7 cm³/mol. The molecule has 2 heteroatoms. The van der Waals surface area contributed by atoms with Gasteiger partial charge in [0.25, 0.3) is 0 Å². The number of likely N-dealkylation sites (tertiary alicyclic amines) is 1. The van der Waals surface area contributed by atoms with E-state index in [-0.39, 0.29) is 0 Å². The second kappa shape index (κ2) is 4.58. The molecular weight excluding hydrogens is 222 g/mol. The first kappa shape index (κ1) is 12.0. The van der Waals surface area contributed by atoms with Crippen LogP contribution in [0.3, 0.4) is 0 Å². The summed E-state index contributed by atoms with van der Waals surface area (Å²) in [4.78, 5) is 2.69. The molecule has 1 aromatic carbocycles. The molecule has 2 aliphatic rings. The van der Waals surface area contributed by atoms with Gasteiger partial charge in [0.2, 0.25) is 0 Å². The van der Waals surface area contributed by atoms with Crippen LogP contribution < -0.4 is 0 Å². The van der Waals surface area contributed by atoms with Crippen LogP contribution in [0.15, 0.2) is 18.2 Å². The highest BCUT2D eigenvalue weighted by Crippen LogP contribution is 2.40. The Kier molecular flexibility index (Phi) is 3.06. The molecule has 0 saturated carbocycles. The molecule has 0 aromatic heterocycles. The summed E-state index contributed by atoms with van der Waals surface area (Å²) in [6.07, 6.45) is 5.03. The lowest BCUT2D eigenvalue weighted by Crippen LogP contribution is -2.43. The van der Waals surface area contributed by atoms with Gasteiger partial charge in [-0.1, -0.05) is 13.0 Å². The minimum absolute atomic E-state index is 0.412. The normalized spacial score (nSPS) is 32.4. The van der Waals surface area contributed by atoms with E-state index in [4.69, 9.17) is 0 Å². The average Bonchev–Trinajstić information content (AvgIpc) is 2.75. The fourth-order valence-electron chi connectivity index (χ4n) is 3.73. The quantitative estimate of drug-likeness (QED) is 0.818. The van der Waals surface area contributed by atoms with E-state index in [0.717, 1.165) is 12.3 Å². The number of aryl methyl sites for hydroxylation is 1. The number of rotatable bonds is 1. The van der Waals surface area contributed by atoms with Crippen molar-refractivity contribution in [3.8, 4) is 5.75 Å². The van der Waals surface area contributed by atoms with Crippen LogP contribution in [0.25, 0.3) is 0 Å². The van der Waals surface area contributed by atoms with Gasteiger partial charge < -0.3 is 5.11 Å². The standard InChI is InChI=1S/C16H23NO/c1-11-4-3-9-17(12(11)2)16-8-5-13-10-14(18)6-7-15(13)16/h6-7,10-12,16,18H,3-5,8-9H2,1-2H3. The van der Waals surface area contributed by atoms with Crippen LogP contribution in [0.5, 0.6) is 5.75 Å². The van der Waals surface area contributed by atoms with Crippen molar-refractivity contribution in [1.82, 2.24) is 4.90 Å². The Hall–Kier alpha value is -1.02. The van der Waals surface area contributed by atoms with Crippen molar-refractivity contribution in [2.24, 2.45) is 5.92 Å². The highest BCUT2D eigenvalue weighted by Gasteiger charge is 2.34. The number of nitrogens with zero attached hydrogens (tertiary/aromatic N) is 1. The zero-order chi connectivity index (χ0) is 12.7. The highest BCUT2D eigenvalue weighted by atomic mass is 16.3. The molecule has 98 valence electrons. The monoisotopic (exact) mass is 245 g/mol. The summed E-state index contributed by atoms with van der Waals surface area (Å²) in [5.41, 5.74) is 2.80. The van der Waals surface area contributed by atoms with Gasteiger partial charge >= 0.3 is 0 Å². The topological polar surface area (TPSA) is 23.5 Å². The lowest BCUT2D eigenvalue weighted by Gasteiger charge is -2.42. The minimum atomic E-state index is 0.412. The molecular formula is C16H23NO. The van der Waals surface area contributed by atoms with E-state index in [0.29, 0.717) is 17.8 Å². The third kappa shape index (κ3) is 1.93. The maximum atomic E-state index is 9.57. The molecule has 0 radical (unpaired) electrons. The molecule has 1 heterocycles. The Morgan fingerprint density at radius 2 is 2.06 bits per heavy atom. The Morgan fingerprint density at radius 3 is 2.89 bits per heavy atom. The first-order valence-electron chi connectivity index (χ1n) is 7.24. The van der Waals surface area contributed by atoms with Crippen molar-refractivity contribution in [3.63, 3.8) is 0 Å². The SMILES string of the molecule is CC1CCCN(C2CCc3cc(O)ccc32)C1C. The van der Waals surface area contributed by atoms with Crippen LogP contribution >= 0.6 is 0 Å². The lowest BCUT2D eigenvalue weighted by molar-refractivity contribution is 0.0681. The molecule has 1 saturated heterocycles. The number of hydrogen-bond donors (Lipinski definition) is 1. The van der Waals surface area contributed by atoms with E-state index in [1.165, 1.54) is 36.9 Å². The summed E-state index contributed by atoms with van der Waals surface area (Å²) >= 11 is 0. The summed E-state index contributed by atoms with van der Waals surface area (Å²) in [7, 11) is 0. The maximum absolute atomic E-state index is 9.57. The van der Waals surface area contributed by atoms with Gasteiger partial charge in [-0.2, -0.15) is 0 Å². The van der Waals surface area contributed by atoms with Gasteiger partial charge in [-0.05, 0) is 68.3 Å².